The van der Waals surface area contributed by atoms with Gasteiger partial charge < -0.3 is 15.7 Å². The van der Waals surface area contributed by atoms with Gasteiger partial charge in [0.1, 0.15) is 5.75 Å². The van der Waals surface area contributed by atoms with E-state index < -0.39 is 5.41 Å². The van der Waals surface area contributed by atoms with E-state index in [1.165, 1.54) is 24.0 Å². The minimum atomic E-state index is -0.511. The zero-order valence-corrected chi connectivity index (χ0v) is 18.4. The van der Waals surface area contributed by atoms with Crippen molar-refractivity contribution in [3.8, 4) is 5.75 Å². The van der Waals surface area contributed by atoms with Crippen LogP contribution in [0.15, 0.2) is 48.5 Å². The third kappa shape index (κ3) is 3.85. The van der Waals surface area contributed by atoms with Crippen LogP contribution in [-0.2, 0) is 16.6 Å². The van der Waals surface area contributed by atoms with E-state index >= 15 is 0 Å². The highest BCUT2D eigenvalue weighted by Gasteiger charge is 2.69. The smallest absolute Gasteiger partial charge is 0.224 e. The highest BCUT2D eigenvalue weighted by molar-refractivity contribution is 5.87. The summed E-state index contributed by atoms with van der Waals surface area (Å²) in [6.45, 7) is 5.19. The van der Waals surface area contributed by atoms with Crippen molar-refractivity contribution in [1.29, 1.82) is 0 Å². The Labute approximate surface area is 180 Å². The molecule has 2 aromatic carbocycles. The molecule has 0 saturated heterocycles. The summed E-state index contributed by atoms with van der Waals surface area (Å²) in [7, 11) is 2.19. The van der Waals surface area contributed by atoms with Crippen LogP contribution >= 0.6 is 0 Å². The summed E-state index contributed by atoms with van der Waals surface area (Å²) in [5, 5.41) is 9.91. The van der Waals surface area contributed by atoms with Crippen LogP contribution in [0.1, 0.15) is 49.3 Å². The molecule has 4 nitrogen and oxygen atoms in total. The van der Waals surface area contributed by atoms with Crippen LogP contribution < -0.4 is 5.73 Å². The number of aromatic hydroxyl groups is 1. The summed E-state index contributed by atoms with van der Waals surface area (Å²) in [6, 6.07) is 16.4. The van der Waals surface area contributed by atoms with E-state index in [2.05, 4.69) is 37.1 Å². The van der Waals surface area contributed by atoms with Crippen LogP contribution in [0.5, 0.6) is 5.75 Å². The largest absolute Gasteiger partial charge is 0.508 e. The lowest BCUT2D eigenvalue weighted by Gasteiger charge is -2.33. The molecule has 2 saturated carbocycles. The van der Waals surface area contributed by atoms with Gasteiger partial charge in [0, 0.05) is 18.0 Å². The topological polar surface area (TPSA) is 66.6 Å². The summed E-state index contributed by atoms with van der Waals surface area (Å²) in [4.78, 5) is 15.2. The van der Waals surface area contributed by atoms with Crippen LogP contribution in [0.4, 0.5) is 0 Å². The molecular weight excluding hydrogens is 372 g/mol. The lowest BCUT2D eigenvalue weighted by molar-refractivity contribution is -0.124. The molecule has 0 bridgehead atoms. The third-order valence-corrected chi connectivity index (χ3v) is 7.65. The molecule has 3 N–H and O–H groups in total. The molecule has 2 unspecified atom stereocenters. The van der Waals surface area contributed by atoms with E-state index in [9.17, 15) is 9.90 Å². The number of hydrogen-bond donors (Lipinski definition) is 2. The van der Waals surface area contributed by atoms with Crippen molar-refractivity contribution in [1.82, 2.24) is 4.90 Å². The Balaban J connectivity index is 1.61. The summed E-state index contributed by atoms with van der Waals surface area (Å²) in [5.41, 5.74) is 8.62. The fourth-order valence-electron chi connectivity index (χ4n) is 5.26. The summed E-state index contributed by atoms with van der Waals surface area (Å²) in [5.74, 6) is 0.929. The van der Waals surface area contributed by atoms with Gasteiger partial charge in [0.25, 0.3) is 0 Å². The number of benzene rings is 2. The number of primary amides is 1. The molecule has 2 aromatic rings. The van der Waals surface area contributed by atoms with Gasteiger partial charge in [-0.3, -0.25) is 4.79 Å². The number of rotatable bonds is 9. The summed E-state index contributed by atoms with van der Waals surface area (Å²) < 4.78 is 0. The van der Waals surface area contributed by atoms with E-state index in [0.717, 1.165) is 37.3 Å². The van der Waals surface area contributed by atoms with Crippen molar-refractivity contribution in [3.05, 3.63) is 65.2 Å². The van der Waals surface area contributed by atoms with Crippen LogP contribution in [0.3, 0.4) is 0 Å². The van der Waals surface area contributed by atoms with Gasteiger partial charge in [-0.25, -0.2) is 0 Å². The number of likely N-dealkylation sites (N-methyl/N-ethyl adjacent to an activating group) is 1. The van der Waals surface area contributed by atoms with Crippen molar-refractivity contribution in [2.45, 2.75) is 57.4 Å². The number of carbonyl (C=O) groups excluding carboxylic acids is 1. The molecule has 0 aromatic heterocycles. The first-order valence-corrected chi connectivity index (χ1v) is 11.1. The minimum Gasteiger partial charge on any atom is -0.508 e. The Bertz CT molecular complexity index is 924. The lowest BCUT2D eigenvalue weighted by Crippen LogP contribution is -2.42. The monoisotopic (exact) mass is 406 g/mol. The maximum absolute atomic E-state index is 12.8. The van der Waals surface area contributed by atoms with E-state index in [4.69, 9.17) is 5.73 Å². The van der Waals surface area contributed by atoms with Crippen molar-refractivity contribution >= 4 is 5.91 Å². The van der Waals surface area contributed by atoms with E-state index in [1.807, 2.05) is 31.2 Å². The second kappa shape index (κ2) is 7.73. The van der Waals surface area contributed by atoms with Gasteiger partial charge in [-0.15, -0.1) is 0 Å². The Morgan fingerprint density at radius 1 is 1.23 bits per heavy atom. The second-order valence-electron chi connectivity index (χ2n) is 9.89. The molecule has 0 radical (unpaired) electrons. The molecule has 2 aliphatic carbocycles. The third-order valence-electron chi connectivity index (χ3n) is 7.65. The molecule has 0 heterocycles. The van der Waals surface area contributed by atoms with Crippen LogP contribution in [0.2, 0.25) is 0 Å². The fourth-order valence-corrected chi connectivity index (χ4v) is 5.26. The molecule has 2 fully saturated rings. The minimum absolute atomic E-state index is 0.180. The zero-order chi connectivity index (χ0) is 21.5. The van der Waals surface area contributed by atoms with E-state index in [0.29, 0.717) is 5.75 Å². The van der Waals surface area contributed by atoms with Crippen LogP contribution in [0.25, 0.3) is 0 Å². The quantitative estimate of drug-likeness (QED) is 0.657. The van der Waals surface area contributed by atoms with Crippen LogP contribution in [0, 0.1) is 18.3 Å². The highest BCUT2D eigenvalue weighted by Crippen LogP contribution is 2.67. The predicted molar refractivity (Wildman–Crippen MR) is 120 cm³/mol. The van der Waals surface area contributed by atoms with Gasteiger partial charge in [0.05, 0.1) is 5.41 Å². The summed E-state index contributed by atoms with van der Waals surface area (Å²) >= 11 is 0. The van der Waals surface area contributed by atoms with E-state index in [1.54, 1.807) is 6.07 Å². The first-order chi connectivity index (χ1) is 14.2. The Morgan fingerprint density at radius 2 is 1.93 bits per heavy atom. The molecule has 0 aliphatic heterocycles. The van der Waals surface area contributed by atoms with Gasteiger partial charge in [0.2, 0.25) is 5.91 Å². The van der Waals surface area contributed by atoms with E-state index in [-0.39, 0.29) is 17.4 Å². The van der Waals surface area contributed by atoms with Crippen LogP contribution in [-0.4, -0.2) is 35.5 Å². The highest BCUT2D eigenvalue weighted by atomic mass is 16.3. The molecule has 1 amide bonds. The molecule has 30 heavy (non-hydrogen) atoms. The average Bonchev–Trinajstić information content (AvgIpc) is 3.63. The molecule has 160 valence electrons. The predicted octanol–water partition coefficient (Wildman–Crippen LogP) is 4.18. The Kier molecular flexibility index (Phi) is 5.39. The maximum Gasteiger partial charge on any atom is 0.224 e. The Hall–Kier alpha value is -2.33. The first-order valence-electron chi connectivity index (χ1n) is 11.1. The normalized spacial score (nSPS) is 26.5. The average molecular weight is 407 g/mol. The number of nitrogens with two attached hydrogens (primary N) is 1. The van der Waals surface area contributed by atoms with Crippen molar-refractivity contribution < 1.29 is 9.90 Å². The molecule has 3 atom stereocenters. The van der Waals surface area contributed by atoms with Gasteiger partial charge in [-0.2, -0.15) is 0 Å². The number of aryl methyl sites for hydroxylation is 1. The zero-order valence-electron chi connectivity index (χ0n) is 18.4. The molecule has 4 rings (SSSR count). The number of nitrogens with zero attached hydrogens (tertiary/aromatic N) is 1. The lowest BCUT2D eigenvalue weighted by atomic mass is 9.81. The number of carbonyl (C=O) groups is 1. The standard InChI is InChI=1S/C26H34N2O2/c1-18-13-20(11-12-23(18)29)14-22(28(3)16-19-9-10-19)15-26(24(27)30)17-25(26,2)21-7-5-4-6-8-21/h4-8,11-13,19,22,29H,9-10,14-17H2,1-3H3,(H2,27,30)/t22-,25?,26?/m0/s1. The van der Waals surface area contributed by atoms with Crippen molar-refractivity contribution in [2.24, 2.45) is 17.1 Å². The number of phenols is 1. The number of hydrogen-bond acceptors (Lipinski definition) is 3. The Morgan fingerprint density at radius 3 is 2.53 bits per heavy atom. The van der Waals surface area contributed by atoms with Gasteiger partial charge in [0.15, 0.2) is 0 Å². The molecular formula is C26H34N2O2. The molecule has 0 spiro atoms. The maximum atomic E-state index is 12.8. The van der Waals surface area contributed by atoms with Gasteiger partial charge in [-0.05, 0) is 74.8 Å². The first kappa shape index (κ1) is 20.9. The van der Waals surface area contributed by atoms with Crippen molar-refractivity contribution in [2.75, 3.05) is 13.6 Å². The molecule has 2 aliphatic rings. The van der Waals surface area contributed by atoms with Crippen molar-refractivity contribution in [3.63, 3.8) is 0 Å². The number of amides is 1. The van der Waals surface area contributed by atoms with Gasteiger partial charge in [-0.1, -0.05) is 49.4 Å². The second-order valence-corrected chi connectivity index (χ2v) is 9.89. The fraction of sp³-hybridized carbons (Fsp3) is 0.500. The van der Waals surface area contributed by atoms with Gasteiger partial charge >= 0.3 is 0 Å². The SMILES string of the molecule is Cc1cc(C[C@@H](CC2(C(N)=O)CC2(C)c2ccccc2)N(C)CC2CC2)ccc1O. The summed E-state index contributed by atoms with van der Waals surface area (Å²) in [6.07, 6.45) is 5.03. The number of phenolic OH excluding ortho intramolecular Hbond substituents is 1. The molecule has 4 heteroatoms.